The average molecular weight is 279 g/mol. The number of thioether (sulfide) groups is 1. The molecule has 0 aliphatic carbocycles. The summed E-state index contributed by atoms with van der Waals surface area (Å²) in [6.45, 7) is 3.47. The van der Waals surface area contributed by atoms with Gasteiger partial charge in [0.1, 0.15) is 11.7 Å². The highest BCUT2D eigenvalue weighted by atomic mass is 32.2. The minimum atomic E-state index is -0.226. The molecule has 0 bridgehead atoms. The lowest BCUT2D eigenvalue weighted by Crippen LogP contribution is -2.09. The standard InChI is InChI=1S/C12H14FN5S/c1-8(14)17-18-9(2)15-16-12(18)19-7-10-5-3-4-6-11(10)13/h3-6H,7H2,1-2H3,(H2,14,17). The zero-order chi connectivity index (χ0) is 13.8. The van der Waals surface area contributed by atoms with Crippen molar-refractivity contribution in [1.82, 2.24) is 14.9 Å². The first-order valence-corrected chi connectivity index (χ1v) is 6.65. The van der Waals surface area contributed by atoms with E-state index in [9.17, 15) is 4.39 Å². The van der Waals surface area contributed by atoms with E-state index in [-0.39, 0.29) is 5.82 Å². The van der Waals surface area contributed by atoms with E-state index in [4.69, 9.17) is 5.73 Å². The van der Waals surface area contributed by atoms with Gasteiger partial charge in [0.15, 0.2) is 5.82 Å². The lowest BCUT2D eigenvalue weighted by molar-refractivity contribution is 0.617. The molecule has 1 aromatic carbocycles. The van der Waals surface area contributed by atoms with Gasteiger partial charge in [0.2, 0.25) is 5.16 Å². The first-order chi connectivity index (χ1) is 9.08. The summed E-state index contributed by atoms with van der Waals surface area (Å²) in [5.41, 5.74) is 6.18. The third-order valence-corrected chi connectivity index (χ3v) is 3.31. The Labute approximate surface area is 114 Å². The van der Waals surface area contributed by atoms with Crippen LogP contribution in [0.5, 0.6) is 0 Å². The normalized spacial score (nSPS) is 11.8. The zero-order valence-corrected chi connectivity index (χ0v) is 11.5. The summed E-state index contributed by atoms with van der Waals surface area (Å²) in [5.74, 6) is 1.29. The van der Waals surface area contributed by atoms with Gasteiger partial charge in [-0.3, -0.25) is 0 Å². The predicted molar refractivity (Wildman–Crippen MR) is 73.4 cm³/mol. The minimum absolute atomic E-state index is 0.226. The van der Waals surface area contributed by atoms with E-state index >= 15 is 0 Å². The number of amidine groups is 1. The molecule has 0 aliphatic heterocycles. The second-order valence-corrected chi connectivity index (χ2v) is 4.91. The predicted octanol–water partition coefficient (Wildman–Crippen LogP) is 2.16. The fourth-order valence-electron chi connectivity index (χ4n) is 1.46. The summed E-state index contributed by atoms with van der Waals surface area (Å²) in [6.07, 6.45) is 0. The van der Waals surface area contributed by atoms with E-state index in [1.807, 2.05) is 0 Å². The van der Waals surface area contributed by atoms with E-state index in [0.29, 0.717) is 28.1 Å². The topological polar surface area (TPSA) is 69.1 Å². The molecule has 0 saturated carbocycles. The maximum atomic E-state index is 13.5. The Bertz CT molecular complexity index is 604. The molecule has 0 unspecified atom stereocenters. The van der Waals surface area contributed by atoms with Crippen molar-refractivity contribution >= 4 is 17.6 Å². The summed E-state index contributed by atoms with van der Waals surface area (Å²) >= 11 is 1.36. The summed E-state index contributed by atoms with van der Waals surface area (Å²) in [4.78, 5) is 0. The maximum Gasteiger partial charge on any atom is 0.212 e. The monoisotopic (exact) mass is 279 g/mol. The molecule has 0 saturated heterocycles. The molecule has 2 N–H and O–H groups in total. The van der Waals surface area contributed by atoms with Crippen molar-refractivity contribution in [3.05, 3.63) is 41.5 Å². The Morgan fingerprint density at radius 2 is 2.16 bits per heavy atom. The summed E-state index contributed by atoms with van der Waals surface area (Å²) in [6, 6.07) is 6.65. The number of aromatic nitrogens is 3. The highest BCUT2D eigenvalue weighted by molar-refractivity contribution is 7.98. The van der Waals surface area contributed by atoms with Crippen molar-refractivity contribution in [2.75, 3.05) is 0 Å². The molecule has 19 heavy (non-hydrogen) atoms. The van der Waals surface area contributed by atoms with Gasteiger partial charge >= 0.3 is 0 Å². The Balaban J connectivity index is 2.17. The Morgan fingerprint density at radius 1 is 1.42 bits per heavy atom. The van der Waals surface area contributed by atoms with Crippen LogP contribution in [0.2, 0.25) is 0 Å². The quantitative estimate of drug-likeness (QED) is 0.529. The first kappa shape index (κ1) is 13.5. The molecular formula is C12H14FN5S. The largest absolute Gasteiger partial charge is 0.386 e. The van der Waals surface area contributed by atoms with Crippen LogP contribution in [0.15, 0.2) is 34.5 Å². The van der Waals surface area contributed by atoms with Gasteiger partial charge in [0.25, 0.3) is 0 Å². The molecule has 5 nitrogen and oxygen atoms in total. The van der Waals surface area contributed by atoms with Gasteiger partial charge in [-0.25, -0.2) is 4.39 Å². The number of hydrogen-bond acceptors (Lipinski definition) is 4. The molecule has 2 aromatic rings. The SMILES string of the molecule is C/C(N)=N/n1c(C)nnc1SCc1ccccc1F. The van der Waals surface area contributed by atoms with E-state index < -0.39 is 0 Å². The molecule has 0 atom stereocenters. The van der Waals surface area contributed by atoms with Gasteiger partial charge < -0.3 is 5.73 Å². The van der Waals surface area contributed by atoms with E-state index in [1.165, 1.54) is 17.8 Å². The highest BCUT2D eigenvalue weighted by Gasteiger charge is 2.10. The molecular weight excluding hydrogens is 265 g/mol. The van der Waals surface area contributed by atoms with Gasteiger partial charge in [0, 0.05) is 5.75 Å². The van der Waals surface area contributed by atoms with Crippen LogP contribution in [0, 0.1) is 12.7 Å². The molecule has 1 aromatic heterocycles. The van der Waals surface area contributed by atoms with Crippen LogP contribution in [0.4, 0.5) is 4.39 Å². The number of nitrogens with zero attached hydrogens (tertiary/aromatic N) is 4. The van der Waals surface area contributed by atoms with Crippen LogP contribution in [0.3, 0.4) is 0 Å². The number of hydrogen-bond donors (Lipinski definition) is 1. The molecule has 0 radical (unpaired) electrons. The minimum Gasteiger partial charge on any atom is -0.386 e. The number of benzene rings is 1. The van der Waals surface area contributed by atoms with Gasteiger partial charge in [-0.1, -0.05) is 30.0 Å². The molecule has 1 heterocycles. The van der Waals surface area contributed by atoms with E-state index in [0.717, 1.165) is 0 Å². The Hall–Kier alpha value is -1.89. The summed E-state index contributed by atoms with van der Waals surface area (Å²) in [5, 5.41) is 12.7. The molecule has 0 spiro atoms. The molecule has 0 amide bonds. The van der Waals surface area contributed by atoms with Crippen molar-refractivity contribution < 1.29 is 4.39 Å². The maximum absolute atomic E-state index is 13.5. The molecule has 0 aliphatic rings. The second kappa shape index (κ2) is 5.83. The van der Waals surface area contributed by atoms with Crippen molar-refractivity contribution in [3.63, 3.8) is 0 Å². The van der Waals surface area contributed by atoms with Gasteiger partial charge in [-0.2, -0.15) is 9.78 Å². The third-order valence-electron chi connectivity index (χ3n) is 2.34. The Morgan fingerprint density at radius 3 is 2.84 bits per heavy atom. The lowest BCUT2D eigenvalue weighted by Gasteiger charge is -2.03. The fraction of sp³-hybridized carbons (Fsp3) is 0.250. The van der Waals surface area contributed by atoms with E-state index in [2.05, 4.69) is 15.3 Å². The number of rotatable bonds is 4. The van der Waals surface area contributed by atoms with Crippen LogP contribution in [0.1, 0.15) is 18.3 Å². The van der Waals surface area contributed by atoms with E-state index in [1.54, 1.807) is 36.7 Å². The van der Waals surface area contributed by atoms with Gasteiger partial charge in [-0.05, 0) is 25.5 Å². The first-order valence-electron chi connectivity index (χ1n) is 5.67. The summed E-state index contributed by atoms with van der Waals surface area (Å²) in [7, 11) is 0. The molecule has 100 valence electrons. The third kappa shape index (κ3) is 3.31. The number of nitrogens with two attached hydrogens (primary N) is 1. The molecule has 2 rings (SSSR count). The van der Waals surface area contributed by atoms with Crippen LogP contribution in [0.25, 0.3) is 0 Å². The second-order valence-electron chi connectivity index (χ2n) is 3.96. The number of aryl methyl sites for hydroxylation is 1. The van der Waals surface area contributed by atoms with Gasteiger partial charge in [-0.15, -0.1) is 10.2 Å². The fourth-order valence-corrected chi connectivity index (χ4v) is 2.37. The van der Waals surface area contributed by atoms with Crippen molar-refractivity contribution in [2.24, 2.45) is 10.8 Å². The van der Waals surface area contributed by atoms with Crippen LogP contribution in [-0.4, -0.2) is 20.7 Å². The van der Waals surface area contributed by atoms with Gasteiger partial charge in [0.05, 0.1) is 0 Å². The van der Waals surface area contributed by atoms with Crippen molar-refractivity contribution in [1.29, 1.82) is 0 Å². The highest BCUT2D eigenvalue weighted by Crippen LogP contribution is 2.23. The molecule has 7 heteroatoms. The molecule has 0 fully saturated rings. The smallest absolute Gasteiger partial charge is 0.212 e. The Kier molecular flexibility index (Phi) is 4.16. The van der Waals surface area contributed by atoms with Crippen LogP contribution >= 0.6 is 11.8 Å². The van der Waals surface area contributed by atoms with Crippen molar-refractivity contribution in [2.45, 2.75) is 24.8 Å². The summed E-state index contributed by atoms with van der Waals surface area (Å²) < 4.78 is 15.1. The zero-order valence-electron chi connectivity index (χ0n) is 10.7. The lowest BCUT2D eigenvalue weighted by atomic mass is 10.2. The van der Waals surface area contributed by atoms with Crippen molar-refractivity contribution in [3.8, 4) is 0 Å². The van der Waals surface area contributed by atoms with Crippen LogP contribution < -0.4 is 5.73 Å². The van der Waals surface area contributed by atoms with Crippen LogP contribution in [-0.2, 0) is 5.75 Å². The average Bonchev–Trinajstić information content (AvgIpc) is 2.70. The number of halogens is 1.